The predicted octanol–water partition coefficient (Wildman–Crippen LogP) is 11.3. The molecule has 0 spiro atoms. The molecule has 190 valence electrons. The van der Waals surface area contributed by atoms with E-state index in [4.69, 9.17) is 24.7 Å². The summed E-state index contributed by atoms with van der Waals surface area (Å²) in [5.41, 5.74) is -11.7. The van der Waals surface area contributed by atoms with Gasteiger partial charge in [0.2, 0.25) is 0 Å². The second-order valence-electron chi connectivity index (χ2n) is 9.30. The second kappa shape index (κ2) is 9.13. The van der Waals surface area contributed by atoms with Gasteiger partial charge in [-0.05, 0) is 112 Å². The van der Waals surface area contributed by atoms with Crippen LogP contribution in [0.25, 0.3) is 11.1 Å². The van der Waals surface area contributed by atoms with E-state index in [2.05, 4.69) is 31.9 Å². The van der Waals surface area contributed by atoms with Crippen molar-refractivity contribution in [2.24, 2.45) is 5.41 Å². The highest BCUT2D eigenvalue weighted by Gasteiger charge is 2.56. The maximum absolute atomic E-state index is 8.79. The number of halogens is 2. The molecule has 0 N–H and O–H groups in total. The Hall–Kier alpha value is -2.36. The van der Waals surface area contributed by atoms with Crippen molar-refractivity contribution in [1.29, 1.82) is 0 Å². The molecule has 0 radical (unpaired) electrons. The van der Waals surface area contributed by atoms with Gasteiger partial charge in [-0.15, -0.1) is 0 Å². The fourth-order valence-electron chi connectivity index (χ4n) is 4.72. The number of benzene rings is 4. The summed E-state index contributed by atoms with van der Waals surface area (Å²) < 4.78 is 159. The normalized spacial score (nSPS) is 26.1. The first-order valence-electron chi connectivity index (χ1n) is 20.4. The lowest BCUT2D eigenvalue weighted by Crippen LogP contribution is -2.42. The third-order valence-corrected chi connectivity index (χ3v) is 7.97. The number of hydrogen-bond donors (Lipinski definition) is 0. The maximum Gasteiger partial charge on any atom is 0.0467 e. The summed E-state index contributed by atoms with van der Waals surface area (Å²) in [7, 11) is 0. The summed E-state index contributed by atoms with van der Waals surface area (Å²) in [5.74, 6) is 0. The Morgan fingerprint density at radius 1 is 0.595 bits per heavy atom. The minimum Gasteiger partial charge on any atom is -0.310 e. The van der Waals surface area contributed by atoms with Crippen molar-refractivity contribution in [2.45, 2.75) is 58.9 Å². The van der Waals surface area contributed by atoms with Crippen LogP contribution in [0.1, 0.15) is 82.5 Å². The smallest absolute Gasteiger partial charge is 0.0467 e. The number of anilines is 3. The molecule has 5 rings (SSSR count). The number of hydrogen-bond acceptors (Lipinski definition) is 1. The molecular weight excluding hydrogens is 582 g/mol. The molecule has 0 atom stereocenters. The van der Waals surface area contributed by atoms with Crippen molar-refractivity contribution in [3.05, 3.63) is 111 Å². The quantitative estimate of drug-likeness (QED) is 0.216. The molecule has 1 aliphatic rings. The molecule has 3 heteroatoms. The van der Waals surface area contributed by atoms with Crippen molar-refractivity contribution in [2.75, 3.05) is 4.90 Å². The van der Waals surface area contributed by atoms with Crippen molar-refractivity contribution in [3.8, 4) is 11.1 Å². The third-order valence-electron chi connectivity index (χ3n) is 6.91. The topological polar surface area (TPSA) is 3.24 Å². The monoisotopic (exact) mass is 633 g/mol. The molecule has 0 saturated heterocycles. The highest BCUT2D eigenvalue weighted by Crippen LogP contribution is 2.61. The summed E-state index contributed by atoms with van der Waals surface area (Å²) in [5, 5.41) is 0. The zero-order valence-corrected chi connectivity index (χ0v) is 23.0. The Labute approximate surface area is 264 Å². The molecule has 4 aromatic rings. The summed E-state index contributed by atoms with van der Waals surface area (Å²) in [4.78, 5) is 1.90. The Morgan fingerprint density at radius 3 is 1.68 bits per heavy atom. The lowest BCUT2D eigenvalue weighted by molar-refractivity contribution is 0.125. The average Bonchev–Trinajstić information content (AvgIpc) is 3.31. The highest BCUT2D eigenvalue weighted by atomic mass is 79.9. The summed E-state index contributed by atoms with van der Waals surface area (Å²) in [6.07, 6.45) is 0. The first kappa shape index (κ1) is 12.2. The predicted molar refractivity (Wildman–Crippen MR) is 167 cm³/mol. The van der Waals surface area contributed by atoms with E-state index in [0.717, 1.165) is 32.5 Å². The Morgan fingerprint density at radius 2 is 1.14 bits per heavy atom. The Balaban J connectivity index is 1.99. The van der Waals surface area contributed by atoms with Gasteiger partial charge in [0, 0.05) is 50.7 Å². The van der Waals surface area contributed by atoms with Crippen LogP contribution in [0.3, 0.4) is 0 Å². The second-order valence-corrected chi connectivity index (χ2v) is 11.1. The number of aryl methyl sites for hydroxylation is 1. The van der Waals surface area contributed by atoms with Crippen molar-refractivity contribution < 1.29 is 24.7 Å². The molecule has 1 nitrogen and oxygen atoms in total. The summed E-state index contributed by atoms with van der Waals surface area (Å²) >= 11 is 6.90. The van der Waals surface area contributed by atoms with E-state index in [1.807, 2.05) is 53.4 Å². The molecule has 0 aromatic heterocycles. The molecule has 0 amide bonds. The minimum atomic E-state index is -4.45. The molecule has 4 aromatic carbocycles. The number of fused-ring (bicyclic) bond motifs is 1. The fourth-order valence-corrected chi connectivity index (χ4v) is 5.25. The van der Waals surface area contributed by atoms with Crippen LogP contribution >= 0.6 is 31.9 Å². The van der Waals surface area contributed by atoms with Crippen LogP contribution in [0.4, 0.5) is 17.1 Å². The average molecular weight is 636 g/mol. The zero-order chi connectivity index (χ0) is 41.8. The van der Waals surface area contributed by atoms with Crippen molar-refractivity contribution in [3.63, 3.8) is 0 Å². The van der Waals surface area contributed by atoms with E-state index in [1.165, 1.54) is 6.07 Å². The van der Waals surface area contributed by atoms with Crippen LogP contribution in [0, 0.1) is 12.3 Å². The van der Waals surface area contributed by atoms with Crippen LogP contribution in [-0.2, 0) is 10.8 Å². The van der Waals surface area contributed by atoms with Gasteiger partial charge in [0.05, 0.1) is 0 Å². The molecule has 0 bridgehead atoms. The molecule has 0 saturated carbocycles. The largest absolute Gasteiger partial charge is 0.310 e. The van der Waals surface area contributed by atoms with E-state index in [-0.39, 0.29) is 5.56 Å². The highest BCUT2D eigenvalue weighted by molar-refractivity contribution is 9.10. The van der Waals surface area contributed by atoms with E-state index >= 15 is 0 Å². The Bertz CT molecular complexity index is 1980. The molecule has 1 aliphatic carbocycles. The van der Waals surface area contributed by atoms with Crippen LogP contribution in [-0.4, -0.2) is 0 Å². The van der Waals surface area contributed by atoms with Crippen LogP contribution < -0.4 is 4.90 Å². The lowest BCUT2D eigenvalue weighted by atomic mass is 9.59. The molecular formula is C34H35Br2N. The van der Waals surface area contributed by atoms with Gasteiger partial charge in [-0.1, -0.05) is 97.2 Å². The van der Waals surface area contributed by atoms with Gasteiger partial charge in [-0.25, -0.2) is 0 Å². The van der Waals surface area contributed by atoms with Gasteiger partial charge in [0.15, 0.2) is 0 Å². The number of rotatable bonds is 4. The van der Waals surface area contributed by atoms with Crippen molar-refractivity contribution in [1.82, 2.24) is 0 Å². The zero-order valence-electron chi connectivity index (χ0n) is 37.8. The molecule has 0 heterocycles. The number of nitrogens with zero attached hydrogens (tertiary/aromatic N) is 1. The third kappa shape index (κ3) is 4.19. The first-order chi connectivity index (χ1) is 24.8. The van der Waals surface area contributed by atoms with Gasteiger partial charge in [-0.2, -0.15) is 0 Å². The van der Waals surface area contributed by atoms with Crippen LogP contribution in [0.2, 0.25) is 0 Å². The van der Waals surface area contributed by atoms with E-state index in [0.29, 0.717) is 16.8 Å². The standard InChI is InChI=1S/C34H35Br2N/c1-22-8-14-28(37(26-15-10-24(35)11-16-26)27-17-12-25(36)13-18-27)21-29(22)23-9-19-30-31(20-23)33(4,5)34(6,7)32(30,2)3/h8-21H,1-7H3/i2D3,3D3,4D3,5D3,6D3,7D3. The summed E-state index contributed by atoms with van der Waals surface area (Å²) in [6.45, 7) is -23.5. The SMILES string of the molecule is [2H]C([2H])([2H])C1(C([2H])([2H])[2H])c2ccc(-c3cc(N(c4ccc(Br)cc4)c4ccc(Br)cc4)ccc3C)cc2C(C([2H])([2H])[2H])(C([2H])([2H])[2H])C1(C([2H])([2H])[2H])C([2H])([2H])[2H]. The van der Waals surface area contributed by atoms with E-state index in [1.54, 1.807) is 25.1 Å². The maximum atomic E-state index is 8.79. The fraction of sp³-hybridized carbons (Fsp3) is 0.294. The van der Waals surface area contributed by atoms with Gasteiger partial charge >= 0.3 is 0 Å². The Kier molecular flexibility index (Phi) is 3.02. The van der Waals surface area contributed by atoms with Crippen LogP contribution in [0.15, 0.2) is 93.9 Å². The summed E-state index contributed by atoms with van der Waals surface area (Å²) in [6, 6.07) is 23.1. The molecule has 37 heavy (non-hydrogen) atoms. The van der Waals surface area contributed by atoms with Crippen LogP contribution in [0.5, 0.6) is 0 Å². The van der Waals surface area contributed by atoms with Crippen molar-refractivity contribution >= 4 is 48.9 Å². The molecule has 0 fully saturated rings. The van der Waals surface area contributed by atoms with Gasteiger partial charge in [0.25, 0.3) is 0 Å². The van der Waals surface area contributed by atoms with Gasteiger partial charge in [0.1, 0.15) is 0 Å². The lowest BCUT2D eigenvalue weighted by Gasteiger charge is -2.44. The van der Waals surface area contributed by atoms with Gasteiger partial charge in [-0.3, -0.25) is 0 Å². The van der Waals surface area contributed by atoms with E-state index in [9.17, 15) is 0 Å². The first-order valence-corrected chi connectivity index (χ1v) is 13.0. The molecule has 0 unspecified atom stereocenters. The molecule has 0 aliphatic heterocycles. The minimum absolute atomic E-state index is 0.0550. The van der Waals surface area contributed by atoms with E-state index < -0.39 is 68.5 Å². The van der Waals surface area contributed by atoms with Gasteiger partial charge < -0.3 is 4.90 Å².